The highest BCUT2D eigenvalue weighted by molar-refractivity contribution is 5.83. The molecule has 0 aliphatic heterocycles. The minimum absolute atomic E-state index is 0.155. The van der Waals surface area contributed by atoms with Crippen molar-refractivity contribution in [1.29, 1.82) is 0 Å². The van der Waals surface area contributed by atoms with Crippen LogP contribution in [0.2, 0.25) is 0 Å². The average Bonchev–Trinajstić information content (AvgIpc) is 2.99. The number of amides is 1. The summed E-state index contributed by atoms with van der Waals surface area (Å²) in [5.74, 6) is 0.155. The molecule has 0 aliphatic rings. The van der Waals surface area contributed by atoms with E-state index in [-0.39, 0.29) is 5.91 Å². The molecule has 0 radical (unpaired) electrons. The highest BCUT2D eigenvalue weighted by Crippen LogP contribution is 2.15. The Morgan fingerprint density at radius 1 is 1.13 bits per heavy atom. The number of benzene rings is 1. The predicted octanol–water partition coefficient (Wildman–Crippen LogP) is 3.13. The number of carbonyl (C=O) groups is 1. The van der Waals surface area contributed by atoms with Crippen molar-refractivity contribution in [2.45, 2.75) is 19.9 Å². The maximum absolute atomic E-state index is 12.6. The number of nitrogens with zero attached hydrogens (tertiary/aromatic N) is 3. The molecule has 4 heteroatoms. The van der Waals surface area contributed by atoms with E-state index in [0.717, 1.165) is 25.0 Å². The number of likely N-dealkylation sites (N-methyl/N-ethyl adjacent to an activating group) is 1. The lowest BCUT2D eigenvalue weighted by molar-refractivity contribution is -0.131. The van der Waals surface area contributed by atoms with Gasteiger partial charge in [0.25, 0.3) is 0 Å². The zero-order valence-corrected chi connectivity index (χ0v) is 13.4. The number of hydrogen-bond donors (Lipinski definition) is 0. The molecule has 0 atom stereocenters. The van der Waals surface area contributed by atoms with Crippen LogP contribution >= 0.6 is 0 Å². The van der Waals surface area contributed by atoms with Crippen molar-refractivity contribution in [3.8, 4) is 0 Å². The predicted molar refractivity (Wildman–Crippen MR) is 92.1 cm³/mol. The summed E-state index contributed by atoms with van der Waals surface area (Å²) < 4.78 is 2.02. The van der Waals surface area contributed by atoms with Crippen LogP contribution in [0, 0.1) is 0 Å². The van der Waals surface area contributed by atoms with E-state index < -0.39 is 0 Å². The van der Waals surface area contributed by atoms with E-state index in [4.69, 9.17) is 0 Å². The molecule has 23 heavy (non-hydrogen) atoms. The summed E-state index contributed by atoms with van der Waals surface area (Å²) in [5.41, 5.74) is 2.31. The lowest BCUT2D eigenvalue weighted by Crippen LogP contribution is -2.35. The van der Waals surface area contributed by atoms with Gasteiger partial charge in [-0.25, -0.2) is 0 Å². The molecule has 0 saturated carbocycles. The lowest BCUT2D eigenvalue weighted by atomic mass is 10.2. The van der Waals surface area contributed by atoms with Crippen LogP contribution in [0.4, 0.5) is 0 Å². The summed E-state index contributed by atoms with van der Waals surface area (Å²) >= 11 is 0. The van der Waals surface area contributed by atoms with E-state index in [1.807, 2.05) is 46.9 Å². The SMILES string of the molecule is CCN(CCc1ccncc1)C(=O)Cn1ccc2ccccc21. The number of para-hydroxylation sites is 1. The first-order chi connectivity index (χ1) is 11.3. The highest BCUT2D eigenvalue weighted by atomic mass is 16.2. The molecule has 0 unspecified atom stereocenters. The fourth-order valence-corrected chi connectivity index (χ4v) is 2.80. The van der Waals surface area contributed by atoms with Crippen molar-refractivity contribution < 1.29 is 4.79 Å². The Bertz CT molecular complexity index is 779. The minimum atomic E-state index is 0.155. The van der Waals surface area contributed by atoms with Crippen molar-refractivity contribution in [3.05, 3.63) is 66.6 Å². The first-order valence-electron chi connectivity index (χ1n) is 7.98. The Morgan fingerprint density at radius 3 is 2.70 bits per heavy atom. The van der Waals surface area contributed by atoms with Crippen LogP contribution in [0.3, 0.4) is 0 Å². The van der Waals surface area contributed by atoms with Gasteiger partial charge < -0.3 is 9.47 Å². The first kappa shape index (κ1) is 15.3. The molecule has 0 spiro atoms. The molecule has 1 aromatic carbocycles. The van der Waals surface area contributed by atoms with Gasteiger partial charge in [0.05, 0.1) is 0 Å². The van der Waals surface area contributed by atoms with Gasteiger partial charge in [-0.2, -0.15) is 0 Å². The van der Waals surface area contributed by atoms with Crippen LogP contribution in [-0.4, -0.2) is 33.4 Å². The summed E-state index contributed by atoms with van der Waals surface area (Å²) in [5, 5.41) is 1.17. The molecule has 3 aromatic rings. The van der Waals surface area contributed by atoms with Gasteiger partial charge in [0, 0.05) is 37.2 Å². The normalized spacial score (nSPS) is 10.8. The van der Waals surface area contributed by atoms with Crippen LogP contribution in [0.5, 0.6) is 0 Å². The molecule has 0 N–H and O–H groups in total. The smallest absolute Gasteiger partial charge is 0.242 e. The van der Waals surface area contributed by atoms with Crippen molar-refractivity contribution in [2.24, 2.45) is 0 Å². The van der Waals surface area contributed by atoms with E-state index >= 15 is 0 Å². The standard InChI is InChI=1S/C19H21N3O/c1-2-21(13-9-16-7-11-20-12-8-16)19(23)15-22-14-10-17-5-3-4-6-18(17)22/h3-8,10-12,14H,2,9,13,15H2,1H3. The second-order valence-electron chi connectivity index (χ2n) is 5.58. The van der Waals surface area contributed by atoms with Gasteiger partial charge in [0.1, 0.15) is 6.54 Å². The van der Waals surface area contributed by atoms with E-state index in [2.05, 4.69) is 23.2 Å². The molecule has 0 saturated heterocycles. The van der Waals surface area contributed by atoms with Crippen LogP contribution in [-0.2, 0) is 17.8 Å². The van der Waals surface area contributed by atoms with Gasteiger partial charge in [0.15, 0.2) is 0 Å². The second-order valence-corrected chi connectivity index (χ2v) is 5.58. The van der Waals surface area contributed by atoms with Crippen molar-refractivity contribution >= 4 is 16.8 Å². The fourth-order valence-electron chi connectivity index (χ4n) is 2.80. The average molecular weight is 307 g/mol. The number of rotatable bonds is 6. The van der Waals surface area contributed by atoms with Crippen molar-refractivity contribution in [1.82, 2.24) is 14.5 Å². The molecule has 2 aromatic heterocycles. The quantitative estimate of drug-likeness (QED) is 0.702. The van der Waals surface area contributed by atoms with Crippen molar-refractivity contribution in [2.75, 3.05) is 13.1 Å². The Hall–Kier alpha value is -2.62. The zero-order valence-electron chi connectivity index (χ0n) is 13.4. The van der Waals surface area contributed by atoms with Crippen LogP contribution in [0.25, 0.3) is 10.9 Å². The van der Waals surface area contributed by atoms with Gasteiger partial charge in [0.2, 0.25) is 5.91 Å². The molecular formula is C19H21N3O. The molecule has 118 valence electrons. The van der Waals surface area contributed by atoms with Gasteiger partial charge in [-0.05, 0) is 48.6 Å². The Morgan fingerprint density at radius 2 is 1.91 bits per heavy atom. The zero-order chi connectivity index (χ0) is 16.1. The number of hydrogen-bond acceptors (Lipinski definition) is 2. The summed E-state index contributed by atoms with van der Waals surface area (Å²) in [7, 11) is 0. The molecule has 4 nitrogen and oxygen atoms in total. The van der Waals surface area contributed by atoms with Gasteiger partial charge in [-0.3, -0.25) is 9.78 Å². The topological polar surface area (TPSA) is 38.1 Å². The largest absolute Gasteiger partial charge is 0.341 e. The minimum Gasteiger partial charge on any atom is -0.341 e. The molecule has 0 aliphatic carbocycles. The van der Waals surface area contributed by atoms with Gasteiger partial charge >= 0.3 is 0 Å². The van der Waals surface area contributed by atoms with Crippen LogP contribution in [0.15, 0.2) is 61.1 Å². The molecule has 2 heterocycles. The summed E-state index contributed by atoms with van der Waals surface area (Å²) in [6.07, 6.45) is 6.42. The Labute approximate surface area is 136 Å². The molecule has 0 fully saturated rings. The maximum atomic E-state index is 12.6. The molecule has 1 amide bonds. The highest BCUT2D eigenvalue weighted by Gasteiger charge is 2.13. The van der Waals surface area contributed by atoms with Crippen LogP contribution in [0.1, 0.15) is 12.5 Å². The third-order valence-corrected chi connectivity index (χ3v) is 4.14. The van der Waals surface area contributed by atoms with E-state index in [1.54, 1.807) is 12.4 Å². The fraction of sp³-hybridized carbons (Fsp3) is 0.263. The van der Waals surface area contributed by atoms with Crippen LogP contribution < -0.4 is 0 Å². The summed E-state index contributed by atoms with van der Waals surface area (Å²) in [6, 6.07) is 14.2. The lowest BCUT2D eigenvalue weighted by Gasteiger charge is -2.21. The number of aromatic nitrogens is 2. The second kappa shape index (κ2) is 7.09. The molecular weight excluding hydrogens is 286 g/mol. The number of pyridine rings is 1. The Kier molecular flexibility index (Phi) is 4.71. The van der Waals surface area contributed by atoms with Crippen molar-refractivity contribution in [3.63, 3.8) is 0 Å². The Balaban J connectivity index is 1.65. The van der Waals surface area contributed by atoms with Gasteiger partial charge in [-0.15, -0.1) is 0 Å². The number of fused-ring (bicyclic) bond motifs is 1. The van der Waals surface area contributed by atoms with E-state index in [0.29, 0.717) is 6.54 Å². The molecule has 3 rings (SSSR count). The third-order valence-electron chi connectivity index (χ3n) is 4.14. The molecule has 0 bridgehead atoms. The van der Waals surface area contributed by atoms with E-state index in [1.165, 1.54) is 10.9 Å². The maximum Gasteiger partial charge on any atom is 0.242 e. The summed E-state index contributed by atoms with van der Waals surface area (Å²) in [4.78, 5) is 18.5. The first-order valence-corrected chi connectivity index (χ1v) is 7.98. The van der Waals surface area contributed by atoms with Gasteiger partial charge in [-0.1, -0.05) is 18.2 Å². The monoisotopic (exact) mass is 307 g/mol. The number of carbonyl (C=O) groups excluding carboxylic acids is 1. The van der Waals surface area contributed by atoms with E-state index in [9.17, 15) is 4.79 Å². The third kappa shape index (κ3) is 3.59. The summed E-state index contributed by atoms with van der Waals surface area (Å²) in [6.45, 7) is 3.87.